The summed E-state index contributed by atoms with van der Waals surface area (Å²) in [6.07, 6.45) is 12.0. The number of hydrogen-bond donors (Lipinski definition) is 0. The summed E-state index contributed by atoms with van der Waals surface area (Å²) in [5.41, 5.74) is 15.0. The smallest absolute Gasteiger partial charge is 1.00 e. The Bertz CT molecular complexity index is 3200. The van der Waals surface area contributed by atoms with E-state index in [-0.39, 0.29) is 61.8 Å². The Morgan fingerprint density at radius 1 is 0.548 bits per heavy atom. The molecular formula is C59H49Cl2Zr. The van der Waals surface area contributed by atoms with E-state index in [1.54, 1.807) is 0 Å². The number of fused-ring (bicyclic) bond motifs is 4. The van der Waals surface area contributed by atoms with Crippen LogP contribution in [0.15, 0.2) is 176 Å². The van der Waals surface area contributed by atoms with Crippen LogP contribution >= 0.6 is 0 Å². The minimum Gasteiger partial charge on any atom is -1.00 e. The summed E-state index contributed by atoms with van der Waals surface area (Å²) in [4.78, 5) is 0. The topological polar surface area (TPSA) is 0 Å². The second kappa shape index (κ2) is 17.6. The van der Waals surface area contributed by atoms with E-state index in [9.17, 15) is 0 Å². The summed E-state index contributed by atoms with van der Waals surface area (Å²) in [7, 11) is 0. The van der Waals surface area contributed by atoms with Gasteiger partial charge in [-0.25, -0.2) is 0 Å². The predicted octanol–water partition coefficient (Wildman–Crippen LogP) is 7.82. The third-order valence-electron chi connectivity index (χ3n) is 12.4. The summed E-state index contributed by atoms with van der Waals surface area (Å²) in [6.45, 7) is 14.3. The summed E-state index contributed by atoms with van der Waals surface area (Å²) in [5, 5.41) is 9.97. The number of rotatable bonds is 5. The molecule has 0 saturated carbocycles. The van der Waals surface area contributed by atoms with E-state index >= 15 is 0 Å². The van der Waals surface area contributed by atoms with Gasteiger partial charge in [-0.1, -0.05) is 223 Å². The van der Waals surface area contributed by atoms with E-state index in [1.807, 2.05) is 0 Å². The molecule has 3 heteroatoms. The number of halogens is 2. The maximum atomic E-state index is 4.19. The van der Waals surface area contributed by atoms with Crippen molar-refractivity contribution >= 4 is 38.8 Å². The van der Waals surface area contributed by atoms with E-state index < -0.39 is 0 Å². The van der Waals surface area contributed by atoms with Crippen LogP contribution in [-0.4, -0.2) is 0 Å². The molecule has 0 saturated heterocycles. The average Bonchev–Trinajstić information content (AvgIpc) is 3.92. The molecule has 0 N–H and O–H groups in total. The average molecular weight is 920 g/mol. The van der Waals surface area contributed by atoms with Gasteiger partial charge < -0.3 is 24.8 Å². The first-order valence-electron chi connectivity index (χ1n) is 21.1. The van der Waals surface area contributed by atoms with E-state index in [1.165, 1.54) is 104 Å². The molecule has 62 heavy (non-hydrogen) atoms. The van der Waals surface area contributed by atoms with Crippen molar-refractivity contribution in [3.63, 3.8) is 0 Å². The molecule has 0 atom stereocenters. The Morgan fingerprint density at radius 2 is 1.08 bits per heavy atom. The molecule has 2 aliphatic carbocycles. The fourth-order valence-corrected chi connectivity index (χ4v) is 9.81. The van der Waals surface area contributed by atoms with Crippen LogP contribution in [0.25, 0.3) is 61.0 Å². The van der Waals surface area contributed by atoms with Crippen molar-refractivity contribution in [2.24, 2.45) is 0 Å². The fourth-order valence-electron chi connectivity index (χ4n) is 9.81. The molecule has 303 valence electrons. The zero-order valence-corrected chi connectivity index (χ0v) is 40.2. The van der Waals surface area contributed by atoms with Crippen LogP contribution in [0.2, 0.25) is 0 Å². The first kappa shape index (κ1) is 45.0. The SMILES string of the molecule is CC(C)(C)c1cc2c(cc1-c1ccccc1)=[C-]c1c(C3=CC=CC3)c(-c3ccccc3)c(C(C)(C)C)c(=C(c3cccc4ccccc34)c3cccc4ccccc34)c1=2.[Cl-].[Cl-].[Zr+3]. The number of benzene rings is 8. The maximum absolute atomic E-state index is 4.19. The summed E-state index contributed by atoms with van der Waals surface area (Å²) >= 11 is 0. The zero-order chi connectivity index (χ0) is 40.5. The van der Waals surface area contributed by atoms with Gasteiger partial charge in [-0.2, -0.15) is 0 Å². The molecule has 1 radical (unpaired) electrons. The molecule has 8 aromatic rings. The Labute approximate surface area is 398 Å². The molecule has 0 unspecified atom stereocenters. The molecule has 0 fully saturated rings. The van der Waals surface area contributed by atoms with Crippen LogP contribution in [0.5, 0.6) is 0 Å². The van der Waals surface area contributed by atoms with Crippen molar-refractivity contribution in [3.8, 4) is 22.3 Å². The van der Waals surface area contributed by atoms with Gasteiger partial charge in [0.1, 0.15) is 0 Å². The van der Waals surface area contributed by atoms with Crippen LogP contribution in [0, 0.1) is 10.4 Å². The van der Waals surface area contributed by atoms with Crippen molar-refractivity contribution in [3.05, 3.63) is 230 Å². The van der Waals surface area contributed by atoms with Gasteiger partial charge in [-0.05, 0) is 94.1 Å². The molecule has 0 bridgehead atoms. The molecule has 10 rings (SSSR count). The molecular weight excluding hydrogens is 871 g/mol. The van der Waals surface area contributed by atoms with Crippen LogP contribution in [0.4, 0.5) is 0 Å². The van der Waals surface area contributed by atoms with Crippen molar-refractivity contribution in [1.29, 1.82) is 0 Å². The molecule has 0 spiro atoms. The van der Waals surface area contributed by atoms with E-state index in [0.29, 0.717) is 0 Å². The standard InChI is InChI=1S/C59H49.2ClH.Zr/c1-58(2,3)51-37-49-43(35-48(51)40-21-9-7-10-22-40)36-50-52(41-27-13-14-28-41)53(42-25-11-8-12-26-42)57(59(4,5)6)56(55(49)50)54(46-33-19-29-38-23-15-17-31-44(38)46)47-34-20-30-39-24-16-18-32-45(39)47;;;/h7-27,29-35,37H,28H2,1-6H3;2*1H;/q-1;;;+3/p-2. The van der Waals surface area contributed by atoms with Gasteiger partial charge >= 0.3 is 26.2 Å². The molecule has 2 aliphatic rings. The first-order valence-corrected chi connectivity index (χ1v) is 21.1. The van der Waals surface area contributed by atoms with Gasteiger partial charge in [0.15, 0.2) is 0 Å². The Balaban J connectivity index is 0.00000193. The predicted molar refractivity (Wildman–Crippen MR) is 252 cm³/mol. The zero-order valence-electron chi connectivity index (χ0n) is 36.2. The molecule has 0 nitrogen and oxygen atoms in total. The summed E-state index contributed by atoms with van der Waals surface area (Å²) in [5.74, 6) is 0. The Hall–Kier alpha value is -5.04. The molecule has 0 aromatic heterocycles. The first-order chi connectivity index (χ1) is 28.6. The van der Waals surface area contributed by atoms with Crippen molar-refractivity contribution < 1.29 is 51.0 Å². The summed E-state index contributed by atoms with van der Waals surface area (Å²) < 4.78 is 0. The number of hydrogen-bond acceptors (Lipinski definition) is 0. The fraction of sp³-hybridized carbons (Fsp3) is 0.153. The van der Waals surface area contributed by atoms with Gasteiger partial charge in [-0.3, -0.25) is 0 Å². The molecule has 8 aromatic carbocycles. The second-order valence-corrected chi connectivity index (χ2v) is 18.3. The third-order valence-corrected chi connectivity index (χ3v) is 12.4. The van der Waals surface area contributed by atoms with Crippen molar-refractivity contribution in [2.75, 3.05) is 0 Å². The monoisotopic (exact) mass is 917 g/mol. The number of allylic oxidation sites excluding steroid dienone is 4. The molecule has 0 aliphatic heterocycles. The van der Waals surface area contributed by atoms with Gasteiger partial charge in [0.25, 0.3) is 0 Å². The Morgan fingerprint density at radius 3 is 1.61 bits per heavy atom. The largest absolute Gasteiger partial charge is 3.00 e. The van der Waals surface area contributed by atoms with E-state index in [4.69, 9.17) is 0 Å². The van der Waals surface area contributed by atoms with Crippen LogP contribution in [0.3, 0.4) is 0 Å². The molecule has 0 amide bonds. The van der Waals surface area contributed by atoms with Crippen LogP contribution < -0.4 is 35.3 Å². The normalized spacial score (nSPS) is 12.7. The van der Waals surface area contributed by atoms with Crippen LogP contribution in [-0.2, 0) is 37.0 Å². The van der Waals surface area contributed by atoms with Gasteiger partial charge in [-0.15, -0.1) is 33.4 Å². The summed E-state index contributed by atoms with van der Waals surface area (Å²) in [6, 6.07) is 58.6. The van der Waals surface area contributed by atoms with E-state index in [2.05, 4.69) is 224 Å². The van der Waals surface area contributed by atoms with Crippen LogP contribution in [0.1, 0.15) is 81.3 Å². The minimum atomic E-state index is -0.267. The molecule has 0 heterocycles. The minimum absolute atomic E-state index is 0. The second-order valence-electron chi connectivity index (χ2n) is 18.3. The third kappa shape index (κ3) is 7.72. The van der Waals surface area contributed by atoms with Gasteiger partial charge in [0.2, 0.25) is 0 Å². The Kier molecular flexibility index (Phi) is 12.8. The van der Waals surface area contributed by atoms with Crippen molar-refractivity contribution in [1.82, 2.24) is 0 Å². The van der Waals surface area contributed by atoms with Crippen molar-refractivity contribution in [2.45, 2.75) is 58.8 Å². The van der Waals surface area contributed by atoms with Gasteiger partial charge in [0, 0.05) is 0 Å². The van der Waals surface area contributed by atoms with E-state index in [0.717, 1.165) is 11.6 Å². The quantitative estimate of drug-likeness (QED) is 0.155. The maximum Gasteiger partial charge on any atom is 3.00 e. The van der Waals surface area contributed by atoms with Gasteiger partial charge in [0.05, 0.1) is 0 Å².